The summed E-state index contributed by atoms with van der Waals surface area (Å²) in [5.74, 6) is -0.0376. The Morgan fingerprint density at radius 2 is 1.89 bits per heavy atom. The fraction of sp³-hybridized carbons (Fsp3) is 0.400. The lowest BCUT2D eigenvalue weighted by Gasteiger charge is -2.39. The van der Waals surface area contributed by atoms with Crippen LogP contribution in [0.15, 0.2) is 45.4 Å². The lowest BCUT2D eigenvalue weighted by atomic mass is 9.69. The van der Waals surface area contributed by atoms with E-state index in [0.29, 0.717) is 29.8 Å². The maximum Gasteiger partial charge on any atom is 0.332 e. The van der Waals surface area contributed by atoms with Crippen molar-refractivity contribution in [3.8, 4) is 0 Å². The summed E-state index contributed by atoms with van der Waals surface area (Å²) in [5, 5.41) is 3.25. The Bertz CT molecular complexity index is 1110. The zero-order valence-electron chi connectivity index (χ0n) is 15.9. The number of carbonyl (C=O) groups excluding carboxylic acids is 1. The number of Topliss-reactive ketones (excluding diaryl/α,β-unsaturated/α-hetero) is 1. The topological polar surface area (TPSA) is 86.0 Å². The van der Waals surface area contributed by atoms with Gasteiger partial charge in [-0.2, -0.15) is 0 Å². The molecule has 0 aromatic carbocycles. The van der Waals surface area contributed by atoms with Crippen molar-refractivity contribution >= 4 is 11.6 Å². The van der Waals surface area contributed by atoms with Crippen molar-refractivity contribution in [2.45, 2.75) is 32.6 Å². The third-order valence-electron chi connectivity index (χ3n) is 5.48. The Hall–Kier alpha value is -2.96. The predicted molar refractivity (Wildman–Crippen MR) is 102 cm³/mol. The highest BCUT2D eigenvalue weighted by atomic mass is 16.2. The molecule has 2 aromatic heterocycles. The van der Waals surface area contributed by atoms with E-state index < -0.39 is 17.2 Å². The third-order valence-corrected chi connectivity index (χ3v) is 5.48. The molecule has 2 aromatic rings. The van der Waals surface area contributed by atoms with Gasteiger partial charge in [0.05, 0.1) is 5.56 Å². The van der Waals surface area contributed by atoms with Gasteiger partial charge in [-0.25, -0.2) is 4.79 Å². The average molecular weight is 366 g/mol. The molecule has 0 spiro atoms. The molecule has 7 heteroatoms. The fourth-order valence-corrected chi connectivity index (χ4v) is 4.23. The lowest BCUT2D eigenvalue weighted by Crippen LogP contribution is -2.45. The molecule has 1 aliphatic heterocycles. The summed E-state index contributed by atoms with van der Waals surface area (Å²) >= 11 is 0. The first-order chi connectivity index (χ1) is 12.7. The number of fused-ring (bicyclic) bond motifs is 1. The summed E-state index contributed by atoms with van der Waals surface area (Å²) in [6, 6.07) is 3.66. The fourth-order valence-electron chi connectivity index (χ4n) is 4.23. The summed E-state index contributed by atoms with van der Waals surface area (Å²) in [7, 11) is 3.09. The van der Waals surface area contributed by atoms with Crippen LogP contribution in [-0.2, 0) is 18.9 Å². The molecule has 1 N–H and O–H groups in total. The zero-order valence-corrected chi connectivity index (χ0v) is 15.9. The van der Waals surface area contributed by atoms with Crippen molar-refractivity contribution in [1.82, 2.24) is 14.1 Å². The summed E-state index contributed by atoms with van der Waals surface area (Å²) in [5.41, 5.74) is 1.63. The molecule has 0 bridgehead atoms. The van der Waals surface area contributed by atoms with Crippen LogP contribution < -0.4 is 16.6 Å². The number of hydrogen-bond acceptors (Lipinski definition) is 5. The molecule has 0 saturated heterocycles. The number of nitrogens with zero attached hydrogens (tertiary/aromatic N) is 3. The number of pyridine rings is 1. The molecule has 140 valence electrons. The SMILES string of the molecule is Cn1c2c(c(=O)n(C)c1=O)C(c1cccnc1)C1=C(CC(C)(C)CC1=O)N2. The van der Waals surface area contributed by atoms with Crippen molar-refractivity contribution < 1.29 is 4.79 Å². The van der Waals surface area contributed by atoms with E-state index in [0.717, 1.165) is 15.8 Å². The van der Waals surface area contributed by atoms with E-state index in [1.165, 1.54) is 11.6 Å². The van der Waals surface area contributed by atoms with E-state index in [2.05, 4.69) is 10.3 Å². The van der Waals surface area contributed by atoms with E-state index >= 15 is 0 Å². The number of aromatic nitrogens is 3. The van der Waals surface area contributed by atoms with Crippen LogP contribution in [-0.4, -0.2) is 19.9 Å². The quantitative estimate of drug-likeness (QED) is 0.830. The average Bonchev–Trinajstić information content (AvgIpc) is 2.62. The minimum atomic E-state index is -0.529. The zero-order chi connectivity index (χ0) is 19.5. The third kappa shape index (κ3) is 2.57. The first-order valence-electron chi connectivity index (χ1n) is 8.94. The van der Waals surface area contributed by atoms with Crippen molar-refractivity contribution in [2.24, 2.45) is 19.5 Å². The normalized spacial score (nSPS) is 20.7. The second-order valence-electron chi connectivity index (χ2n) is 8.15. The molecule has 1 unspecified atom stereocenters. The maximum absolute atomic E-state index is 13.1. The molecule has 1 aliphatic carbocycles. The number of rotatable bonds is 1. The standard InChI is InChI=1S/C20H22N4O3/c1-20(2)8-12-15(13(25)9-20)14(11-6-5-7-21-10-11)16-17(22-12)23(3)19(27)24(4)18(16)26/h5-7,10,14,22H,8-9H2,1-4H3. The molecule has 2 aliphatic rings. The van der Waals surface area contributed by atoms with Gasteiger partial charge in [-0.3, -0.25) is 23.7 Å². The molecule has 4 rings (SSSR count). The lowest BCUT2D eigenvalue weighted by molar-refractivity contribution is -0.118. The van der Waals surface area contributed by atoms with Crippen LogP contribution in [0, 0.1) is 5.41 Å². The Balaban J connectivity index is 2.08. The smallest absolute Gasteiger partial charge is 0.332 e. The van der Waals surface area contributed by atoms with Crippen LogP contribution in [0.1, 0.15) is 43.7 Å². The second-order valence-corrected chi connectivity index (χ2v) is 8.15. The highest BCUT2D eigenvalue weighted by Gasteiger charge is 2.42. The molecular weight excluding hydrogens is 344 g/mol. The van der Waals surface area contributed by atoms with E-state index in [4.69, 9.17) is 0 Å². The van der Waals surface area contributed by atoms with Gasteiger partial charge in [0.25, 0.3) is 5.56 Å². The summed E-state index contributed by atoms with van der Waals surface area (Å²) in [4.78, 5) is 42.8. The minimum absolute atomic E-state index is 0.0316. The summed E-state index contributed by atoms with van der Waals surface area (Å²) in [6.45, 7) is 4.10. The van der Waals surface area contributed by atoms with E-state index in [9.17, 15) is 14.4 Å². The highest BCUT2D eigenvalue weighted by molar-refractivity contribution is 6.01. The van der Waals surface area contributed by atoms with Gasteiger partial charge < -0.3 is 5.32 Å². The van der Waals surface area contributed by atoms with E-state index in [-0.39, 0.29) is 11.2 Å². The van der Waals surface area contributed by atoms with Crippen LogP contribution in [0.2, 0.25) is 0 Å². The Kier molecular flexibility index (Phi) is 3.73. The molecule has 0 amide bonds. The van der Waals surface area contributed by atoms with Crippen molar-refractivity contribution in [3.63, 3.8) is 0 Å². The van der Waals surface area contributed by atoms with Gasteiger partial charge in [0.15, 0.2) is 5.78 Å². The number of hydrogen-bond donors (Lipinski definition) is 1. The Labute approximate surface area is 156 Å². The molecular formula is C20H22N4O3. The number of ketones is 1. The van der Waals surface area contributed by atoms with Crippen LogP contribution >= 0.6 is 0 Å². The highest BCUT2D eigenvalue weighted by Crippen LogP contribution is 2.47. The minimum Gasteiger partial charge on any atom is -0.344 e. The molecule has 3 heterocycles. The van der Waals surface area contributed by atoms with E-state index in [1.807, 2.05) is 19.9 Å². The first-order valence-corrected chi connectivity index (χ1v) is 8.94. The molecule has 27 heavy (non-hydrogen) atoms. The van der Waals surface area contributed by atoms with Gasteiger partial charge >= 0.3 is 5.69 Å². The van der Waals surface area contributed by atoms with Gasteiger partial charge in [0.2, 0.25) is 0 Å². The first kappa shape index (κ1) is 17.5. The van der Waals surface area contributed by atoms with Crippen LogP contribution in [0.5, 0.6) is 0 Å². The van der Waals surface area contributed by atoms with Crippen LogP contribution in [0.4, 0.5) is 5.82 Å². The van der Waals surface area contributed by atoms with Gasteiger partial charge in [-0.15, -0.1) is 0 Å². The molecule has 1 atom stereocenters. The molecule has 0 radical (unpaired) electrons. The van der Waals surface area contributed by atoms with Crippen LogP contribution in [0.3, 0.4) is 0 Å². The van der Waals surface area contributed by atoms with Gasteiger partial charge in [-0.05, 0) is 23.5 Å². The van der Waals surface area contributed by atoms with Crippen molar-refractivity contribution in [2.75, 3.05) is 5.32 Å². The van der Waals surface area contributed by atoms with Gasteiger partial charge in [-0.1, -0.05) is 19.9 Å². The molecule has 7 nitrogen and oxygen atoms in total. The maximum atomic E-state index is 13.1. The number of nitrogens with one attached hydrogen (secondary N) is 1. The Morgan fingerprint density at radius 3 is 2.56 bits per heavy atom. The van der Waals surface area contributed by atoms with E-state index in [1.54, 1.807) is 25.5 Å². The second kappa shape index (κ2) is 5.77. The number of allylic oxidation sites excluding steroid dienone is 2. The Morgan fingerprint density at radius 1 is 1.15 bits per heavy atom. The largest absolute Gasteiger partial charge is 0.344 e. The van der Waals surface area contributed by atoms with Crippen molar-refractivity contribution in [1.29, 1.82) is 0 Å². The number of anilines is 1. The molecule has 0 saturated carbocycles. The monoisotopic (exact) mass is 366 g/mol. The van der Waals surface area contributed by atoms with Gasteiger partial charge in [0, 0.05) is 50.1 Å². The number of carbonyl (C=O) groups is 1. The molecule has 0 fully saturated rings. The van der Waals surface area contributed by atoms with Crippen molar-refractivity contribution in [3.05, 3.63) is 67.8 Å². The van der Waals surface area contributed by atoms with Crippen LogP contribution in [0.25, 0.3) is 0 Å². The van der Waals surface area contributed by atoms with Gasteiger partial charge in [0.1, 0.15) is 5.82 Å². The summed E-state index contributed by atoms with van der Waals surface area (Å²) in [6.07, 6.45) is 4.44. The predicted octanol–water partition coefficient (Wildman–Crippen LogP) is 1.68. The summed E-state index contributed by atoms with van der Waals surface area (Å²) < 4.78 is 2.53.